The first kappa shape index (κ1) is 19.6. The van der Waals surface area contributed by atoms with Gasteiger partial charge in [0.25, 0.3) is 0 Å². The van der Waals surface area contributed by atoms with E-state index in [-0.39, 0.29) is 0 Å². The first-order chi connectivity index (χ1) is 14.8. The quantitative estimate of drug-likeness (QED) is 0.454. The number of ether oxygens (including phenoxy) is 1. The highest BCUT2D eigenvalue weighted by atomic mass is 16.5. The third-order valence-corrected chi connectivity index (χ3v) is 4.79. The van der Waals surface area contributed by atoms with Gasteiger partial charge in [-0.2, -0.15) is 20.1 Å². The van der Waals surface area contributed by atoms with Crippen molar-refractivity contribution < 1.29 is 4.74 Å². The van der Waals surface area contributed by atoms with E-state index in [9.17, 15) is 0 Å². The fourth-order valence-electron chi connectivity index (χ4n) is 3.21. The van der Waals surface area contributed by atoms with Crippen molar-refractivity contribution in [3.05, 3.63) is 60.2 Å². The molecule has 8 nitrogen and oxygen atoms in total. The fourth-order valence-corrected chi connectivity index (χ4v) is 3.21. The van der Waals surface area contributed by atoms with Crippen LogP contribution in [0.2, 0.25) is 0 Å². The molecular formula is C22H25N7O. The van der Waals surface area contributed by atoms with Crippen LogP contribution in [0.25, 0.3) is 0 Å². The standard InChI is InChI=1S/C22H25N7O/c1-30-19-12-10-17(11-13-19)16-23-28-21-25-20(24-18-8-4-2-5-9-18)26-22(27-21)29-14-6-3-7-15-29/h2,4-5,8-13,16H,3,6-7,14-15H2,1H3,(H2,24,25,26,27,28)/b23-16+. The number of benzene rings is 2. The summed E-state index contributed by atoms with van der Waals surface area (Å²) >= 11 is 0. The van der Waals surface area contributed by atoms with Crippen molar-refractivity contribution in [2.75, 3.05) is 35.8 Å². The molecule has 154 valence electrons. The van der Waals surface area contributed by atoms with Crippen molar-refractivity contribution in [1.82, 2.24) is 15.0 Å². The normalized spacial score (nSPS) is 14.0. The summed E-state index contributed by atoms with van der Waals surface area (Å²) < 4.78 is 5.18. The van der Waals surface area contributed by atoms with Crippen molar-refractivity contribution in [2.45, 2.75) is 19.3 Å². The Balaban J connectivity index is 1.53. The molecule has 1 saturated heterocycles. The van der Waals surface area contributed by atoms with E-state index < -0.39 is 0 Å². The Morgan fingerprint density at radius 3 is 2.37 bits per heavy atom. The van der Waals surface area contributed by atoms with Crippen LogP contribution in [0.15, 0.2) is 59.7 Å². The lowest BCUT2D eigenvalue weighted by Gasteiger charge is -2.26. The van der Waals surface area contributed by atoms with Gasteiger partial charge in [-0.1, -0.05) is 18.2 Å². The number of para-hydroxylation sites is 1. The van der Waals surface area contributed by atoms with E-state index in [1.165, 1.54) is 6.42 Å². The lowest BCUT2D eigenvalue weighted by atomic mass is 10.1. The third kappa shape index (κ3) is 5.22. The Hall–Kier alpha value is -3.68. The molecule has 1 aliphatic heterocycles. The molecule has 0 radical (unpaired) electrons. The molecule has 4 rings (SSSR count). The predicted octanol–water partition coefficient (Wildman–Crippen LogP) is 4.06. The topological polar surface area (TPSA) is 87.6 Å². The largest absolute Gasteiger partial charge is 0.497 e. The van der Waals surface area contributed by atoms with Crippen molar-refractivity contribution in [3.8, 4) is 5.75 Å². The fraction of sp³-hybridized carbons (Fsp3) is 0.273. The molecule has 2 N–H and O–H groups in total. The Labute approximate surface area is 176 Å². The lowest BCUT2D eigenvalue weighted by Crippen LogP contribution is -2.31. The monoisotopic (exact) mass is 403 g/mol. The number of hydrogen-bond acceptors (Lipinski definition) is 8. The minimum atomic E-state index is 0.397. The van der Waals surface area contributed by atoms with E-state index in [1.807, 2.05) is 54.6 Å². The number of hydrazone groups is 1. The van der Waals surface area contributed by atoms with Crippen LogP contribution in [-0.4, -0.2) is 41.4 Å². The highest BCUT2D eigenvalue weighted by Crippen LogP contribution is 2.20. The summed E-state index contributed by atoms with van der Waals surface area (Å²) in [6.45, 7) is 1.90. The molecule has 8 heteroatoms. The van der Waals surface area contributed by atoms with Gasteiger partial charge in [0, 0.05) is 18.8 Å². The van der Waals surface area contributed by atoms with Crippen LogP contribution in [0.3, 0.4) is 0 Å². The second-order valence-electron chi connectivity index (χ2n) is 6.96. The molecule has 0 bridgehead atoms. The van der Waals surface area contributed by atoms with Gasteiger partial charge >= 0.3 is 0 Å². The van der Waals surface area contributed by atoms with Crippen molar-refractivity contribution in [1.29, 1.82) is 0 Å². The Morgan fingerprint density at radius 1 is 0.900 bits per heavy atom. The van der Waals surface area contributed by atoms with Crippen LogP contribution in [0.1, 0.15) is 24.8 Å². The summed E-state index contributed by atoms with van der Waals surface area (Å²) in [6, 6.07) is 17.5. The Kier molecular flexibility index (Phi) is 6.34. The van der Waals surface area contributed by atoms with Gasteiger partial charge in [-0.3, -0.25) is 0 Å². The van der Waals surface area contributed by atoms with Crippen LogP contribution in [0, 0.1) is 0 Å². The summed E-state index contributed by atoms with van der Waals surface area (Å²) in [5, 5.41) is 7.54. The van der Waals surface area contributed by atoms with E-state index in [2.05, 4.69) is 35.7 Å². The summed E-state index contributed by atoms with van der Waals surface area (Å²) in [4.78, 5) is 15.9. The number of aromatic nitrogens is 3. The number of nitrogens with one attached hydrogen (secondary N) is 2. The van der Waals surface area contributed by atoms with Gasteiger partial charge in [-0.05, 0) is 61.2 Å². The highest BCUT2D eigenvalue weighted by molar-refractivity contribution is 5.80. The van der Waals surface area contributed by atoms with Gasteiger partial charge in [0.05, 0.1) is 13.3 Å². The van der Waals surface area contributed by atoms with Gasteiger partial charge in [0.15, 0.2) is 0 Å². The van der Waals surface area contributed by atoms with Crippen molar-refractivity contribution in [2.24, 2.45) is 5.10 Å². The second kappa shape index (κ2) is 9.69. The van der Waals surface area contributed by atoms with Crippen LogP contribution < -0.4 is 20.4 Å². The molecule has 2 heterocycles. The van der Waals surface area contributed by atoms with Gasteiger partial charge in [-0.15, -0.1) is 0 Å². The predicted molar refractivity (Wildman–Crippen MR) is 120 cm³/mol. The van der Waals surface area contributed by atoms with Crippen molar-refractivity contribution in [3.63, 3.8) is 0 Å². The molecule has 1 fully saturated rings. The zero-order chi connectivity index (χ0) is 20.6. The molecule has 30 heavy (non-hydrogen) atoms. The summed E-state index contributed by atoms with van der Waals surface area (Å²) in [6.07, 6.45) is 5.25. The molecule has 1 aromatic heterocycles. The van der Waals surface area contributed by atoms with Crippen LogP contribution in [0.5, 0.6) is 5.75 Å². The summed E-state index contributed by atoms with van der Waals surface area (Å²) in [7, 11) is 1.65. The molecule has 0 amide bonds. The average Bonchev–Trinajstić information content (AvgIpc) is 2.81. The average molecular weight is 403 g/mol. The highest BCUT2D eigenvalue weighted by Gasteiger charge is 2.16. The molecule has 2 aromatic carbocycles. The molecule has 0 unspecified atom stereocenters. The maximum Gasteiger partial charge on any atom is 0.250 e. The van der Waals surface area contributed by atoms with E-state index in [0.717, 1.165) is 42.9 Å². The maximum atomic E-state index is 5.18. The molecule has 0 saturated carbocycles. The van der Waals surface area contributed by atoms with Crippen LogP contribution >= 0.6 is 0 Å². The third-order valence-electron chi connectivity index (χ3n) is 4.79. The number of nitrogens with zero attached hydrogens (tertiary/aromatic N) is 5. The second-order valence-corrected chi connectivity index (χ2v) is 6.96. The van der Waals surface area contributed by atoms with Gasteiger partial charge in [0.2, 0.25) is 17.8 Å². The maximum absolute atomic E-state index is 5.18. The number of methoxy groups -OCH3 is 1. The summed E-state index contributed by atoms with van der Waals surface area (Å²) in [5.41, 5.74) is 4.80. The Morgan fingerprint density at radius 2 is 1.63 bits per heavy atom. The lowest BCUT2D eigenvalue weighted by molar-refractivity contribution is 0.415. The summed E-state index contributed by atoms with van der Waals surface area (Å²) in [5.74, 6) is 2.35. The molecule has 1 aliphatic rings. The number of piperidine rings is 1. The molecule has 3 aromatic rings. The molecule has 0 spiro atoms. The van der Waals surface area contributed by atoms with Gasteiger partial charge in [-0.25, -0.2) is 5.43 Å². The zero-order valence-electron chi connectivity index (χ0n) is 17.0. The zero-order valence-corrected chi connectivity index (χ0v) is 17.0. The van der Waals surface area contributed by atoms with E-state index in [4.69, 9.17) is 4.74 Å². The van der Waals surface area contributed by atoms with E-state index in [0.29, 0.717) is 17.8 Å². The first-order valence-corrected chi connectivity index (χ1v) is 10.1. The smallest absolute Gasteiger partial charge is 0.250 e. The Bertz CT molecular complexity index is 971. The minimum Gasteiger partial charge on any atom is -0.497 e. The van der Waals surface area contributed by atoms with E-state index in [1.54, 1.807) is 13.3 Å². The molecular weight excluding hydrogens is 378 g/mol. The SMILES string of the molecule is COc1ccc(/C=N/Nc2nc(Nc3ccccc3)nc(N3CCCCC3)n2)cc1. The number of rotatable bonds is 7. The minimum absolute atomic E-state index is 0.397. The molecule has 0 atom stereocenters. The van der Waals surface area contributed by atoms with Crippen molar-refractivity contribution >= 4 is 29.7 Å². The van der Waals surface area contributed by atoms with Gasteiger partial charge in [0.1, 0.15) is 5.75 Å². The number of anilines is 4. The number of hydrogen-bond donors (Lipinski definition) is 2. The van der Waals surface area contributed by atoms with Gasteiger partial charge < -0.3 is 15.0 Å². The van der Waals surface area contributed by atoms with E-state index >= 15 is 0 Å². The first-order valence-electron chi connectivity index (χ1n) is 10.1. The van der Waals surface area contributed by atoms with Crippen LogP contribution in [0.4, 0.5) is 23.5 Å². The van der Waals surface area contributed by atoms with Crippen LogP contribution in [-0.2, 0) is 0 Å². The molecule has 0 aliphatic carbocycles.